The van der Waals surface area contributed by atoms with Gasteiger partial charge in [-0.05, 0) is 19.1 Å². The van der Waals surface area contributed by atoms with Crippen molar-refractivity contribution in [1.29, 1.82) is 0 Å². The molecule has 0 aliphatic carbocycles. The van der Waals surface area contributed by atoms with Crippen molar-refractivity contribution in [3.63, 3.8) is 0 Å². The second-order valence-corrected chi connectivity index (χ2v) is 4.20. The van der Waals surface area contributed by atoms with E-state index in [1.165, 1.54) is 4.88 Å². The van der Waals surface area contributed by atoms with E-state index in [1.54, 1.807) is 11.3 Å². The third kappa shape index (κ3) is 2.53. The van der Waals surface area contributed by atoms with E-state index in [-0.39, 0.29) is 0 Å². The SMILES string of the molecule is C#CCNC(C)c1ccc(Cl)s1. The topological polar surface area (TPSA) is 12.0 Å². The van der Waals surface area contributed by atoms with Crippen LogP contribution in [0.3, 0.4) is 0 Å². The summed E-state index contributed by atoms with van der Waals surface area (Å²) in [6.07, 6.45) is 5.12. The Balaban J connectivity index is 2.54. The number of hydrogen-bond donors (Lipinski definition) is 1. The Morgan fingerprint density at radius 3 is 3.00 bits per heavy atom. The lowest BCUT2D eigenvalue weighted by molar-refractivity contribution is 0.633. The van der Waals surface area contributed by atoms with Crippen LogP contribution in [0.4, 0.5) is 0 Å². The molecule has 0 spiro atoms. The highest BCUT2D eigenvalue weighted by atomic mass is 35.5. The average Bonchev–Trinajstić information content (AvgIpc) is 2.47. The Morgan fingerprint density at radius 1 is 1.75 bits per heavy atom. The summed E-state index contributed by atoms with van der Waals surface area (Å²) in [6.45, 7) is 2.66. The molecule has 1 heterocycles. The van der Waals surface area contributed by atoms with Gasteiger partial charge in [-0.15, -0.1) is 17.8 Å². The molecule has 0 bridgehead atoms. The van der Waals surface area contributed by atoms with Crippen molar-refractivity contribution in [2.24, 2.45) is 0 Å². The quantitative estimate of drug-likeness (QED) is 0.739. The number of rotatable bonds is 3. The smallest absolute Gasteiger partial charge is 0.0931 e. The van der Waals surface area contributed by atoms with Gasteiger partial charge in [0, 0.05) is 10.9 Å². The van der Waals surface area contributed by atoms with Gasteiger partial charge in [0.2, 0.25) is 0 Å². The van der Waals surface area contributed by atoms with Gasteiger partial charge in [-0.2, -0.15) is 0 Å². The maximum atomic E-state index is 5.79. The molecule has 12 heavy (non-hydrogen) atoms. The molecule has 0 aromatic carbocycles. The monoisotopic (exact) mass is 199 g/mol. The zero-order valence-corrected chi connectivity index (χ0v) is 8.38. The Morgan fingerprint density at radius 2 is 2.50 bits per heavy atom. The summed E-state index contributed by atoms with van der Waals surface area (Å²) in [5.41, 5.74) is 0. The molecular weight excluding hydrogens is 190 g/mol. The first kappa shape index (κ1) is 9.60. The number of nitrogens with one attached hydrogen (secondary N) is 1. The molecule has 1 rings (SSSR count). The first-order valence-corrected chi connectivity index (χ1v) is 4.85. The highest BCUT2D eigenvalue weighted by molar-refractivity contribution is 7.16. The molecule has 1 aromatic rings. The summed E-state index contributed by atoms with van der Waals surface area (Å²) in [7, 11) is 0. The minimum Gasteiger partial charge on any atom is -0.299 e. The molecule has 1 nitrogen and oxygen atoms in total. The summed E-state index contributed by atoms with van der Waals surface area (Å²) in [5.74, 6) is 2.54. The molecule has 1 atom stereocenters. The molecule has 1 N–H and O–H groups in total. The predicted octanol–water partition coefficient (Wildman–Crippen LogP) is 2.69. The van der Waals surface area contributed by atoms with Crippen molar-refractivity contribution >= 4 is 22.9 Å². The highest BCUT2D eigenvalue weighted by Gasteiger charge is 2.05. The van der Waals surface area contributed by atoms with Crippen molar-refractivity contribution < 1.29 is 0 Å². The van der Waals surface area contributed by atoms with Crippen LogP contribution in [0.25, 0.3) is 0 Å². The molecule has 0 amide bonds. The molecule has 3 heteroatoms. The van der Waals surface area contributed by atoms with Crippen LogP contribution in [0.5, 0.6) is 0 Å². The Labute approximate surface area is 81.7 Å². The van der Waals surface area contributed by atoms with Crippen LogP contribution < -0.4 is 5.32 Å². The van der Waals surface area contributed by atoms with E-state index in [0.717, 1.165) is 4.34 Å². The third-order valence-electron chi connectivity index (χ3n) is 1.53. The lowest BCUT2D eigenvalue weighted by atomic mass is 10.3. The van der Waals surface area contributed by atoms with Gasteiger partial charge in [0.05, 0.1) is 10.9 Å². The van der Waals surface area contributed by atoms with Crippen LogP contribution in [0, 0.1) is 12.3 Å². The Bertz CT molecular complexity index is 287. The van der Waals surface area contributed by atoms with E-state index >= 15 is 0 Å². The number of hydrogen-bond acceptors (Lipinski definition) is 2. The summed E-state index contributed by atoms with van der Waals surface area (Å²) in [6, 6.07) is 4.20. The van der Waals surface area contributed by atoms with Gasteiger partial charge in [0.25, 0.3) is 0 Å². The summed E-state index contributed by atoms with van der Waals surface area (Å²) >= 11 is 7.37. The normalized spacial score (nSPS) is 12.4. The fraction of sp³-hybridized carbons (Fsp3) is 0.333. The second kappa shape index (κ2) is 4.51. The van der Waals surface area contributed by atoms with Crippen molar-refractivity contribution in [3.05, 3.63) is 21.3 Å². The van der Waals surface area contributed by atoms with E-state index in [2.05, 4.69) is 18.2 Å². The van der Waals surface area contributed by atoms with Crippen LogP contribution >= 0.6 is 22.9 Å². The van der Waals surface area contributed by atoms with E-state index < -0.39 is 0 Å². The maximum Gasteiger partial charge on any atom is 0.0931 e. The van der Waals surface area contributed by atoms with Gasteiger partial charge >= 0.3 is 0 Å². The second-order valence-electron chi connectivity index (χ2n) is 2.45. The van der Waals surface area contributed by atoms with Crippen molar-refractivity contribution in [3.8, 4) is 12.3 Å². The predicted molar refractivity (Wildman–Crippen MR) is 54.6 cm³/mol. The molecule has 0 aliphatic heterocycles. The standard InChI is InChI=1S/C9H10ClNS/c1-3-6-11-7(2)8-4-5-9(10)12-8/h1,4-5,7,11H,6H2,2H3. The van der Waals surface area contributed by atoms with E-state index in [0.29, 0.717) is 12.6 Å². The van der Waals surface area contributed by atoms with Crippen molar-refractivity contribution in [2.75, 3.05) is 6.54 Å². The highest BCUT2D eigenvalue weighted by Crippen LogP contribution is 2.26. The molecule has 0 saturated heterocycles. The number of terminal acetylenes is 1. The zero-order chi connectivity index (χ0) is 8.97. The van der Waals surface area contributed by atoms with E-state index in [1.807, 2.05) is 12.1 Å². The molecule has 0 radical (unpaired) electrons. The molecule has 0 fully saturated rings. The first-order chi connectivity index (χ1) is 5.74. The largest absolute Gasteiger partial charge is 0.299 e. The summed E-state index contributed by atoms with van der Waals surface area (Å²) < 4.78 is 0.819. The summed E-state index contributed by atoms with van der Waals surface area (Å²) in [5, 5.41) is 3.18. The molecule has 1 unspecified atom stereocenters. The van der Waals surface area contributed by atoms with Gasteiger partial charge < -0.3 is 0 Å². The molecule has 1 aromatic heterocycles. The van der Waals surface area contributed by atoms with Crippen LogP contribution in [0.1, 0.15) is 17.8 Å². The first-order valence-electron chi connectivity index (χ1n) is 3.66. The minimum absolute atomic E-state index is 0.290. The molecular formula is C9H10ClNS. The van der Waals surface area contributed by atoms with Gasteiger partial charge in [-0.1, -0.05) is 17.5 Å². The van der Waals surface area contributed by atoms with E-state index in [4.69, 9.17) is 18.0 Å². The Kier molecular flexibility index (Phi) is 3.61. The van der Waals surface area contributed by atoms with Crippen LogP contribution in [-0.2, 0) is 0 Å². The van der Waals surface area contributed by atoms with Gasteiger partial charge in [0.1, 0.15) is 0 Å². The molecule has 0 aliphatic rings. The summed E-state index contributed by atoms with van der Waals surface area (Å²) in [4.78, 5) is 1.22. The fourth-order valence-electron chi connectivity index (χ4n) is 0.874. The van der Waals surface area contributed by atoms with Crippen LogP contribution in [0.15, 0.2) is 12.1 Å². The van der Waals surface area contributed by atoms with Gasteiger partial charge in [0.15, 0.2) is 0 Å². The molecule has 0 saturated carbocycles. The van der Waals surface area contributed by atoms with Crippen molar-refractivity contribution in [1.82, 2.24) is 5.32 Å². The van der Waals surface area contributed by atoms with Crippen LogP contribution in [-0.4, -0.2) is 6.54 Å². The van der Waals surface area contributed by atoms with E-state index in [9.17, 15) is 0 Å². The lowest BCUT2D eigenvalue weighted by Crippen LogP contribution is -2.17. The lowest BCUT2D eigenvalue weighted by Gasteiger charge is -2.08. The Hall–Kier alpha value is -0.490. The fourth-order valence-corrected chi connectivity index (χ4v) is 1.96. The zero-order valence-electron chi connectivity index (χ0n) is 6.80. The molecule has 64 valence electrons. The third-order valence-corrected chi connectivity index (χ3v) is 2.94. The minimum atomic E-state index is 0.290. The number of halogens is 1. The maximum absolute atomic E-state index is 5.79. The van der Waals surface area contributed by atoms with Crippen LogP contribution in [0.2, 0.25) is 4.34 Å². The van der Waals surface area contributed by atoms with Gasteiger partial charge in [-0.3, -0.25) is 5.32 Å². The van der Waals surface area contributed by atoms with Crippen molar-refractivity contribution in [2.45, 2.75) is 13.0 Å². The van der Waals surface area contributed by atoms with Gasteiger partial charge in [-0.25, -0.2) is 0 Å². The average molecular weight is 200 g/mol. The number of thiophene rings is 1.